The number of nitrogens with one attached hydrogen (secondary N) is 1. The Balaban J connectivity index is 3.05. The highest BCUT2D eigenvalue weighted by Gasteiger charge is 2.18. The molecule has 15 heavy (non-hydrogen) atoms. The van der Waals surface area contributed by atoms with E-state index >= 15 is 0 Å². The first-order valence-electron chi connectivity index (χ1n) is 4.49. The van der Waals surface area contributed by atoms with Gasteiger partial charge in [-0.15, -0.1) is 0 Å². The lowest BCUT2D eigenvalue weighted by Gasteiger charge is -2.26. The standard InChI is InChI=1S/C10H14BrFN2O/c1-10(2,5-15)14-8-4-6(11)3-7(12)9(8)13/h3-4,14-15H,5,13H2,1-2H3. The largest absolute Gasteiger partial charge is 0.395 e. The van der Waals surface area contributed by atoms with Crippen molar-refractivity contribution in [1.29, 1.82) is 0 Å². The fourth-order valence-corrected chi connectivity index (χ4v) is 1.52. The number of halogens is 2. The SMILES string of the molecule is CC(C)(CO)Nc1cc(Br)cc(F)c1N. The molecule has 0 amide bonds. The van der Waals surface area contributed by atoms with Gasteiger partial charge in [0.25, 0.3) is 0 Å². The van der Waals surface area contributed by atoms with Gasteiger partial charge >= 0.3 is 0 Å². The number of hydrogen-bond acceptors (Lipinski definition) is 3. The lowest BCUT2D eigenvalue weighted by molar-refractivity contribution is 0.234. The average molecular weight is 277 g/mol. The number of nitrogens with two attached hydrogens (primary N) is 1. The molecule has 0 bridgehead atoms. The molecule has 0 unspecified atom stereocenters. The molecule has 0 aliphatic rings. The second-order valence-corrected chi connectivity index (χ2v) is 4.93. The zero-order valence-corrected chi connectivity index (χ0v) is 10.2. The van der Waals surface area contributed by atoms with Gasteiger partial charge in [0.2, 0.25) is 0 Å². The van der Waals surface area contributed by atoms with Crippen LogP contribution in [0.5, 0.6) is 0 Å². The van der Waals surface area contributed by atoms with Crippen LogP contribution < -0.4 is 11.1 Å². The molecule has 0 saturated carbocycles. The van der Waals surface area contributed by atoms with Gasteiger partial charge in [-0.2, -0.15) is 0 Å². The molecule has 0 aromatic heterocycles. The normalized spacial score (nSPS) is 11.5. The van der Waals surface area contributed by atoms with Gasteiger partial charge in [0.1, 0.15) is 5.82 Å². The highest BCUT2D eigenvalue weighted by Crippen LogP contribution is 2.28. The van der Waals surface area contributed by atoms with Crippen molar-refractivity contribution in [3.8, 4) is 0 Å². The Bertz CT molecular complexity index is 369. The number of rotatable bonds is 3. The van der Waals surface area contributed by atoms with Crippen molar-refractivity contribution in [1.82, 2.24) is 0 Å². The molecule has 0 spiro atoms. The number of benzene rings is 1. The van der Waals surface area contributed by atoms with Gasteiger partial charge in [0.05, 0.1) is 23.5 Å². The summed E-state index contributed by atoms with van der Waals surface area (Å²) in [4.78, 5) is 0. The minimum Gasteiger partial charge on any atom is -0.395 e. The Morgan fingerprint density at radius 3 is 2.67 bits per heavy atom. The minimum absolute atomic E-state index is 0.0553. The molecule has 1 aromatic carbocycles. The van der Waals surface area contributed by atoms with Gasteiger partial charge in [0.15, 0.2) is 0 Å². The third-order valence-corrected chi connectivity index (χ3v) is 2.42. The Morgan fingerprint density at radius 2 is 2.13 bits per heavy atom. The summed E-state index contributed by atoms with van der Waals surface area (Å²) in [5.41, 5.74) is 5.56. The molecule has 0 aliphatic heterocycles. The van der Waals surface area contributed by atoms with E-state index in [1.807, 2.05) is 0 Å². The van der Waals surface area contributed by atoms with Crippen molar-refractivity contribution in [3.63, 3.8) is 0 Å². The molecule has 0 aliphatic carbocycles. The molecule has 0 fully saturated rings. The number of nitrogen functional groups attached to an aromatic ring is 1. The number of anilines is 2. The van der Waals surface area contributed by atoms with Gasteiger partial charge in [-0.3, -0.25) is 0 Å². The van der Waals surface area contributed by atoms with E-state index in [2.05, 4.69) is 21.2 Å². The molecule has 0 saturated heterocycles. The van der Waals surface area contributed by atoms with E-state index in [0.717, 1.165) is 0 Å². The van der Waals surface area contributed by atoms with Crippen LogP contribution in [-0.4, -0.2) is 17.3 Å². The lowest BCUT2D eigenvalue weighted by atomic mass is 10.1. The summed E-state index contributed by atoms with van der Waals surface area (Å²) in [5, 5.41) is 12.0. The van der Waals surface area contributed by atoms with Gasteiger partial charge in [0, 0.05) is 4.47 Å². The van der Waals surface area contributed by atoms with E-state index in [1.165, 1.54) is 6.07 Å². The Labute approximate surface area is 96.6 Å². The first kappa shape index (κ1) is 12.3. The van der Waals surface area contributed by atoms with Crippen molar-refractivity contribution in [3.05, 3.63) is 22.4 Å². The van der Waals surface area contributed by atoms with Crippen molar-refractivity contribution in [2.45, 2.75) is 19.4 Å². The maximum atomic E-state index is 13.3. The molecule has 4 N–H and O–H groups in total. The van der Waals surface area contributed by atoms with Crippen molar-refractivity contribution >= 4 is 27.3 Å². The highest BCUT2D eigenvalue weighted by atomic mass is 79.9. The van der Waals surface area contributed by atoms with Crippen LogP contribution in [0.15, 0.2) is 16.6 Å². The number of aliphatic hydroxyl groups excluding tert-OH is 1. The molecule has 3 nitrogen and oxygen atoms in total. The van der Waals surface area contributed by atoms with E-state index < -0.39 is 11.4 Å². The molecular formula is C10H14BrFN2O. The maximum Gasteiger partial charge on any atom is 0.149 e. The predicted molar refractivity (Wildman–Crippen MR) is 63.3 cm³/mol. The van der Waals surface area contributed by atoms with Gasteiger partial charge in [-0.25, -0.2) is 4.39 Å². The topological polar surface area (TPSA) is 58.3 Å². The molecule has 0 atom stereocenters. The summed E-state index contributed by atoms with van der Waals surface area (Å²) in [6.07, 6.45) is 0. The molecule has 1 aromatic rings. The third-order valence-electron chi connectivity index (χ3n) is 1.96. The highest BCUT2D eigenvalue weighted by molar-refractivity contribution is 9.10. The van der Waals surface area contributed by atoms with Gasteiger partial charge < -0.3 is 16.2 Å². The summed E-state index contributed by atoms with van der Waals surface area (Å²) in [5.74, 6) is -0.486. The van der Waals surface area contributed by atoms with Crippen LogP contribution in [0.2, 0.25) is 0 Å². The summed E-state index contributed by atoms with van der Waals surface area (Å²) in [6, 6.07) is 2.97. The molecular weight excluding hydrogens is 263 g/mol. The maximum absolute atomic E-state index is 13.3. The smallest absolute Gasteiger partial charge is 0.149 e. The summed E-state index contributed by atoms with van der Waals surface area (Å²) in [7, 11) is 0. The fourth-order valence-electron chi connectivity index (χ4n) is 1.09. The predicted octanol–water partition coefficient (Wildman–Crippen LogP) is 2.35. The zero-order valence-electron chi connectivity index (χ0n) is 8.64. The first-order chi connectivity index (χ1) is 6.85. The summed E-state index contributed by atoms with van der Waals surface area (Å²) >= 11 is 3.18. The first-order valence-corrected chi connectivity index (χ1v) is 5.28. The quantitative estimate of drug-likeness (QED) is 0.743. The second kappa shape index (κ2) is 4.37. The van der Waals surface area contributed by atoms with Crippen LogP contribution in [0.4, 0.5) is 15.8 Å². The fraction of sp³-hybridized carbons (Fsp3) is 0.400. The van der Waals surface area contributed by atoms with Crippen molar-refractivity contribution in [2.75, 3.05) is 17.7 Å². The van der Waals surface area contributed by atoms with Crippen LogP contribution in [0.25, 0.3) is 0 Å². The van der Waals surface area contributed by atoms with Crippen LogP contribution in [-0.2, 0) is 0 Å². The molecule has 0 radical (unpaired) electrons. The van der Waals surface area contributed by atoms with Crippen LogP contribution in [0, 0.1) is 5.82 Å². The minimum atomic E-state index is -0.540. The van der Waals surface area contributed by atoms with E-state index in [0.29, 0.717) is 10.2 Å². The van der Waals surface area contributed by atoms with Crippen LogP contribution >= 0.6 is 15.9 Å². The Hall–Kier alpha value is -0.810. The molecule has 84 valence electrons. The zero-order chi connectivity index (χ0) is 11.6. The van der Waals surface area contributed by atoms with Crippen molar-refractivity contribution in [2.24, 2.45) is 0 Å². The summed E-state index contributed by atoms with van der Waals surface area (Å²) < 4.78 is 13.9. The third kappa shape index (κ3) is 3.07. The van der Waals surface area contributed by atoms with Gasteiger partial charge in [-0.05, 0) is 26.0 Å². The Kier molecular flexibility index (Phi) is 3.57. The average Bonchev–Trinajstić information content (AvgIpc) is 2.13. The van der Waals surface area contributed by atoms with Gasteiger partial charge in [-0.1, -0.05) is 15.9 Å². The monoisotopic (exact) mass is 276 g/mol. The van der Waals surface area contributed by atoms with E-state index in [9.17, 15) is 4.39 Å². The second-order valence-electron chi connectivity index (χ2n) is 4.02. The number of hydrogen-bond donors (Lipinski definition) is 3. The van der Waals surface area contributed by atoms with E-state index in [-0.39, 0.29) is 12.3 Å². The molecule has 5 heteroatoms. The van der Waals surface area contributed by atoms with Crippen LogP contribution in [0.1, 0.15) is 13.8 Å². The summed E-state index contributed by atoms with van der Waals surface area (Å²) in [6.45, 7) is 3.52. The van der Waals surface area contributed by atoms with E-state index in [1.54, 1.807) is 19.9 Å². The molecule has 0 heterocycles. The Morgan fingerprint density at radius 1 is 1.53 bits per heavy atom. The number of aliphatic hydroxyl groups is 1. The van der Waals surface area contributed by atoms with Crippen molar-refractivity contribution < 1.29 is 9.50 Å². The van der Waals surface area contributed by atoms with Crippen LogP contribution in [0.3, 0.4) is 0 Å². The molecule has 1 rings (SSSR count). The van der Waals surface area contributed by atoms with E-state index in [4.69, 9.17) is 10.8 Å². The lowest BCUT2D eigenvalue weighted by Crippen LogP contribution is -2.35.